The summed E-state index contributed by atoms with van der Waals surface area (Å²) in [6.07, 6.45) is 3.17. The van der Waals surface area contributed by atoms with Gasteiger partial charge in [0.2, 0.25) is 11.8 Å². The van der Waals surface area contributed by atoms with E-state index in [2.05, 4.69) is 20.6 Å². The van der Waals surface area contributed by atoms with E-state index in [1.807, 2.05) is 30.3 Å². The van der Waals surface area contributed by atoms with Crippen LogP contribution in [0.4, 0.5) is 0 Å². The summed E-state index contributed by atoms with van der Waals surface area (Å²) in [5.74, 6) is -2.28. The van der Waals surface area contributed by atoms with E-state index >= 15 is 0 Å². The first kappa shape index (κ1) is 20.1. The van der Waals surface area contributed by atoms with Gasteiger partial charge in [-0.05, 0) is 12.5 Å². The standard InChI is InChI=1S/C18H23N5O4/c1-11(19)16(24)22-14(7-12-5-3-2-4-6-12)17(25)23-15(18(26)27)8-13-9-20-10-21-13/h2-6,9-11,14-15H,7-8,19H2,1H3,(H,20,21)(H,22,24)(H,23,25)(H,26,27). The molecular weight excluding hydrogens is 350 g/mol. The number of hydrogen-bond acceptors (Lipinski definition) is 5. The molecule has 0 aliphatic rings. The van der Waals surface area contributed by atoms with E-state index in [4.69, 9.17) is 5.73 Å². The highest BCUT2D eigenvalue weighted by atomic mass is 16.4. The van der Waals surface area contributed by atoms with E-state index in [0.29, 0.717) is 5.69 Å². The molecule has 6 N–H and O–H groups in total. The molecule has 2 aromatic rings. The number of benzene rings is 1. The van der Waals surface area contributed by atoms with E-state index in [0.717, 1.165) is 5.56 Å². The molecule has 0 aliphatic heterocycles. The predicted molar refractivity (Wildman–Crippen MR) is 97.6 cm³/mol. The van der Waals surface area contributed by atoms with E-state index in [1.165, 1.54) is 19.4 Å². The van der Waals surface area contributed by atoms with E-state index in [-0.39, 0.29) is 12.8 Å². The van der Waals surface area contributed by atoms with E-state index in [9.17, 15) is 19.5 Å². The van der Waals surface area contributed by atoms with Gasteiger partial charge in [-0.25, -0.2) is 9.78 Å². The molecule has 0 saturated heterocycles. The van der Waals surface area contributed by atoms with E-state index < -0.39 is 35.9 Å². The summed E-state index contributed by atoms with van der Waals surface area (Å²) < 4.78 is 0. The van der Waals surface area contributed by atoms with Gasteiger partial charge in [0.15, 0.2) is 0 Å². The van der Waals surface area contributed by atoms with Crippen LogP contribution >= 0.6 is 0 Å². The van der Waals surface area contributed by atoms with Crippen LogP contribution in [0.2, 0.25) is 0 Å². The molecule has 0 bridgehead atoms. The molecule has 0 radical (unpaired) electrons. The maximum Gasteiger partial charge on any atom is 0.326 e. The topological polar surface area (TPSA) is 150 Å². The van der Waals surface area contributed by atoms with Crippen LogP contribution in [0.1, 0.15) is 18.2 Å². The lowest BCUT2D eigenvalue weighted by atomic mass is 10.0. The third-order valence-corrected chi connectivity index (χ3v) is 3.92. The monoisotopic (exact) mass is 373 g/mol. The second-order valence-corrected chi connectivity index (χ2v) is 6.22. The Kier molecular flexibility index (Phi) is 7.07. The molecular formula is C18H23N5O4. The number of nitrogens with two attached hydrogens (primary N) is 1. The molecule has 144 valence electrons. The molecule has 0 aliphatic carbocycles. The highest BCUT2D eigenvalue weighted by molar-refractivity contribution is 5.91. The predicted octanol–water partition coefficient (Wildman–Crippen LogP) is -0.404. The summed E-state index contributed by atoms with van der Waals surface area (Å²) >= 11 is 0. The number of carbonyl (C=O) groups is 3. The number of rotatable bonds is 9. The number of nitrogens with one attached hydrogen (secondary N) is 3. The van der Waals surface area contributed by atoms with Gasteiger partial charge >= 0.3 is 5.97 Å². The fourth-order valence-corrected chi connectivity index (χ4v) is 2.45. The van der Waals surface area contributed by atoms with Crippen LogP contribution in [0.5, 0.6) is 0 Å². The number of H-pyrrole nitrogens is 1. The number of carbonyl (C=O) groups excluding carboxylic acids is 2. The van der Waals surface area contributed by atoms with Crippen molar-refractivity contribution < 1.29 is 19.5 Å². The first-order valence-corrected chi connectivity index (χ1v) is 8.47. The third-order valence-electron chi connectivity index (χ3n) is 3.92. The van der Waals surface area contributed by atoms with Crippen LogP contribution in [0.25, 0.3) is 0 Å². The van der Waals surface area contributed by atoms with Gasteiger partial charge in [0.05, 0.1) is 12.4 Å². The smallest absolute Gasteiger partial charge is 0.326 e. The lowest BCUT2D eigenvalue weighted by Crippen LogP contribution is -2.55. The average Bonchev–Trinajstić information content (AvgIpc) is 3.14. The van der Waals surface area contributed by atoms with Gasteiger partial charge in [-0.3, -0.25) is 9.59 Å². The second-order valence-electron chi connectivity index (χ2n) is 6.22. The van der Waals surface area contributed by atoms with Gasteiger partial charge < -0.3 is 26.5 Å². The van der Waals surface area contributed by atoms with Crippen molar-refractivity contribution in [2.75, 3.05) is 0 Å². The van der Waals surface area contributed by atoms with Crippen molar-refractivity contribution in [1.82, 2.24) is 20.6 Å². The highest BCUT2D eigenvalue weighted by Gasteiger charge is 2.27. The Labute approximate surface area is 156 Å². The number of hydrogen-bond donors (Lipinski definition) is 5. The van der Waals surface area contributed by atoms with Crippen LogP contribution in [-0.4, -0.2) is 51.0 Å². The number of carboxylic acid groups (broad SMARTS) is 1. The first-order valence-electron chi connectivity index (χ1n) is 8.47. The lowest BCUT2D eigenvalue weighted by molar-refractivity contribution is -0.142. The summed E-state index contributed by atoms with van der Waals surface area (Å²) in [5.41, 5.74) is 6.96. The average molecular weight is 373 g/mol. The molecule has 0 saturated carbocycles. The molecule has 3 unspecified atom stereocenters. The van der Waals surface area contributed by atoms with Crippen LogP contribution in [0.15, 0.2) is 42.9 Å². The lowest BCUT2D eigenvalue weighted by Gasteiger charge is -2.22. The molecule has 9 nitrogen and oxygen atoms in total. The molecule has 0 spiro atoms. The Morgan fingerprint density at radius 2 is 1.78 bits per heavy atom. The molecule has 27 heavy (non-hydrogen) atoms. The Morgan fingerprint density at radius 3 is 2.33 bits per heavy atom. The van der Waals surface area contributed by atoms with Crippen molar-refractivity contribution in [3.8, 4) is 0 Å². The number of imidazole rings is 1. The maximum atomic E-state index is 12.7. The normalized spacial score (nSPS) is 14.0. The van der Waals surface area contributed by atoms with E-state index in [1.54, 1.807) is 0 Å². The number of aromatic amines is 1. The molecule has 3 atom stereocenters. The van der Waals surface area contributed by atoms with Crippen LogP contribution < -0.4 is 16.4 Å². The van der Waals surface area contributed by atoms with Crippen LogP contribution in [0, 0.1) is 0 Å². The molecule has 2 rings (SSSR count). The Hall–Kier alpha value is -3.20. The van der Waals surface area contributed by atoms with Gasteiger partial charge in [-0.15, -0.1) is 0 Å². The largest absolute Gasteiger partial charge is 0.480 e. The Balaban J connectivity index is 2.12. The minimum atomic E-state index is -1.19. The van der Waals surface area contributed by atoms with Gasteiger partial charge in [-0.1, -0.05) is 30.3 Å². The molecule has 1 aromatic carbocycles. The zero-order valence-electron chi connectivity index (χ0n) is 14.9. The Bertz CT molecular complexity index is 761. The summed E-state index contributed by atoms with van der Waals surface area (Å²) in [5, 5.41) is 14.5. The zero-order chi connectivity index (χ0) is 19.8. The summed E-state index contributed by atoms with van der Waals surface area (Å²) in [6.45, 7) is 1.51. The fraction of sp³-hybridized carbons (Fsp3) is 0.333. The molecule has 9 heteroatoms. The summed E-state index contributed by atoms with van der Waals surface area (Å²) in [4.78, 5) is 42.8. The van der Waals surface area contributed by atoms with Crippen molar-refractivity contribution >= 4 is 17.8 Å². The molecule has 1 aromatic heterocycles. The van der Waals surface area contributed by atoms with Crippen molar-refractivity contribution in [2.45, 2.75) is 37.9 Å². The number of aliphatic carboxylic acids is 1. The number of nitrogens with zero attached hydrogens (tertiary/aromatic N) is 1. The molecule has 0 fully saturated rings. The Morgan fingerprint density at radius 1 is 1.11 bits per heavy atom. The summed E-state index contributed by atoms with van der Waals surface area (Å²) in [7, 11) is 0. The van der Waals surface area contributed by atoms with Gasteiger partial charge in [0.1, 0.15) is 12.1 Å². The number of aromatic nitrogens is 2. The van der Waals surface area contributed by atoms with Crippen molar-refractivity contribution in [3.05, 3.63) is 54.1 Å². The van der Waals surface area contributed by atoms with Gasteiger partial charge in [0, 0.05) is 24.7 Å². The van der Waals surface area contributed by atoms with Crippen molar-refractivity contribution in [2.24, 2.45) is 5.73 Å². The number of carboxylic acids is 1. The SMILES string of the molecule is CC(N)C(=O)NC(Cc1ccccc1)C(=O)NC(Cc1cnc[nH]1)C(=O)O. The second kappa shape index (κ2) is 9.48. The molecule has 2 amide bonds. The minimum absolute atomic E-state index is 0.0420. The van der Waals surface area contributed by atoms with Crippen molar-refractivity contribution in [1.29, 1.82) is 0 Å². The van der Waals surface area contributed by atoms with Gasteiger partial charge in [0.25, 0.3) is 0 Å². The molecule has 1 heterocycles. The summed E-state index contributed by atoms with van der Waals surface area (Å²) in [6, 6.07) is 6.19. The third kappa shape index (κ3) is 6.23. The van der Waals surface area contributed by atoms with Crippen molar-refractivity contribution in [3.63, 3.8) is 0 Å². The highest BCUT2D eigenvalue weighted by Crippen LogP contribution is 2.06. The fourth-order valence-electron chi connectivity index (χ4n) is 2.45. The number of amides is 2. The van der Waals surface area contributed by atoms with Gasteiger partial charge in [-0.2, -0.15) is 0 Å². The van der Waals surface area contributed by atoms with Crippen LogP contribution in [0.3, 0.4) is 0 Å². The maximum absolute atomic E-state index is 12.7. The van der Waals surface area contributed by atoms with Crippen LogP contribution in [-0.2, 0) is 27.2 Å². The minimum Gasteiger partial charge on any atom is -0.480 e. The quantitative estimate of drug-likeness (QED) is 0.403. The first-order chi connectivity index (χ1) is 12.9. The zero-order valence-corrected chi connectivity index (χ0v) is 14.9.